The van der Waals surface area contributed by atoms with Gasteiger partial charge in [0.05, 0.1) is 46.7 Å². The van der Waals surface area contributed by atoms with Gasteiger partial charge in [0.2, 0.25) is 12.5 Å². The molecular formula is C24H22O9. The first-order chi connectivity index (χ1) is 16.0. The minimum absolute atomic E-state index is 0.00295. The number of fused-ring (bicyclic) bond motifs is 3. The van der Waals surface area contributed by atoms with Crippen LogP contribution in [-0.2, 0) is 19.1 Å². The summed E-state index contributed by atoms with van der Waals surface area (Å²) in [4.78, 5) is 25.4. The van der Waals surface area contributed by atoms with Crippen molar-refractivity contribution in [2.45, 2.75) is 0 Å². The number of esters is 2. The molecule has 0 atom stereocenters. The molecule has 0 unspecified atom stereocenters. The van der Waals surface area contributed by atoms with Gasteiger partial charge in [0, 0.05) is 5.22 Å². The van der Waals surface area contributed by atoms with E-state index in [2.05, 4.69) is 0 Å². The Labute approximate surface area is 188 Å². The second kappa shape index (κ2) is 8.78. The van der Waals surface area contributed by atoms with Crippen molar-refractivity contribution < 1.29 is 42.7 Å². The molecule has 2 aliphatic rings. The number of carbonyl (C=O) groups excluding carboxylic acids is 2. The van der Waals surface area contributed by atoms with Crippen molar-refractivity contribution in [3.05, 3.63) is 50.2 Å². The second-order valence-electron chi connectivity index (χ2n) is 7.00. The number of rotatable bonds is 5. The number of hydrogen-bond donors (Lipinski definition) is 0. The molecule has 0 saturated heterocycles. The molecule has 9 heteroatoms. The normalized spacial score (nSPS) is 18.7. The van der Waals surface area contributed by atoms with Gasteiger partial charge >= 0.3 is 11.9 Å². The molecule has 172 valence electrons. The quantitative estimate of drug-likeness (QED) is 0.612. The highest BCUT2D eigenvalue weighted by Gasteiger charge is 2.24. The van der Waals surface area contributed by atoms with Crippen LogP contribution in [0.1, 0.15) is 0 Å². The minimum atomic E-state index is -0.712. The van der Waals surface area contributed by atoms with Crippen LogP contribution in [-0.4, -0.2) is 54.3 Å². The molecule has 0 radical (unpaired) electrons. The minimum Gasteiger partial charge on any atom is -0.493 e. The maximum absolute atomic E-state index is 12.7. The van der Waals surface area contributed by atoms with E-state index < -0.39 is 11.9 Å². The first-order valence-corrected chi connectivity index (χ1v) is 9.84. The van der Waals surface area contributed by atoms with E-state index in [9.17, 15) is 9.59 Å². The van der Waals surface area contributed by atoms with Crippen LogP contribution in [0, 0.1) is 10.4 Å². The predicted molar refractivity (Wildman–Crippen MR) is 116 cm³/mol. The van der Waals surface area contributed by atoms with Crippen LogP contribution in [0.2, 0.25) is 0 Å². The van der Waals surface area contributed by atoms with E-state index in [4.69, 9.17) is 33.2 Å². The monoisotopic (exact) mass is 454 g/mol. The van der Waals surface area contributed by atoms with Crippen molar-refractivity contribution in [3.8, 4) is 28.7 Å². The summed E-state index contributed by atoms with van der Waals surface area (Å²) in [6.07, 6.45) is 3.08. The lowest BCUT2D eigenvalue weighted by molar-refractivity contribution is -0.138. The van der Waals surface area contributed by atoms with E-state index in [1.807, 2.05) is 0 Å². The Hall–Kier alpha value is -4.14. The molecule has 1 aliphatic carbocycles. The Morgan fingerprint density at radius 2 is 1.30 bits per heavy atom. The number of methoxy groups -OCH3 is 5. The van der Waals surface area contributed by atoms with Crippen LogP contribution in [0.15, 0.2) is 29.3 Å². The van der Waals surface area contributed by atoms with Gasteiger partial charge in [-0.15, -0.1) is 0 Å². The lowest BCUT2D eigenvalue weighted by Crippen LogP contribution is -2.21. The van der Waals surface area contributed by atoms with Crippen molar-refractivity contribution in [1.82, 2.24) is 0 Å². The molecule has 0 spiro atoms. The third-order valence-corrected chi connectivity index (χ3v) is 5.38. The fourth-order valence-corrected chi connectivity index (χ4v) is 3.88. The van der Waals surface area contributed by atoms with Gasteiger partial charge in [0.15, 0.2) is 23.0 Å². The van der Waals surface area contributed by atoms with Gasteiger partial charge in [0.25, 0.3) is 0 Å². The Morgan fingerprint density at radius 3 is 1.85 bits per heavy atom. The fourth-order valence-electron chi connectivity index (χ4n) is 3.88. The topological polar surface area (TPSA) is 98.8 Å². The Bertz CT molecular complexity index is 1400. The predicted octanol–water partition coefficient (Wildman–Crippen LogP) is 0.945. The van der Waals surface area contributed by atoms with E-state index in [0.29, 0.717) is 49.6 Å². The third-order valence-electron chi connectivity index (χ3n) is 5.38. The van der Waals surface area contributed by atoms with Gasteiger partial charge in [0.1, 0.15) is 0 Å². The molecule has 1 aliphatic heterocycles. The summed E-state index contributed by atoms with van der Waals surface area (Å²) < 4.78 is 37.8. The van der Waals surface area contributed by atoms with E-state index in [1.165, 1.54) is 41.6 Å². The first-order valence-electron chi connectivity index (χ1n) is 9.84. The molecule has 0 aromatic heterocycles. The molecule has 1 heterocycles. The summed E-state index contributed by atoms with van der Waals surface area (Å²) >= 11 is 0. The molecule has 9 nitrogen and oxygen atoms in total. The molecule has 0 saturated carbocycles. The van der Waals surface area contributed by atoms with Crippen molar-refractivity contribution in [2.24, 2.45) is 0 Å². The number of ether oxygens (including phenoxy) is 7. The van der Waals surface area contributed by atoms with Crippen LogP contribution in [0.4, 0.5) is 0 Å². The largest absolute Gasteiger partial charge is 0.493 e. The van der Waals surface area contributed by atoms with E-state index >= 15 is 0 Å². The molecule has 0 amide bonds. The third kappa shape index (κ3) is 3.61. The average Bonchev–Trinajstić information content (AvgIpc) is 3.29. The summed E-state index contributed by atoms with van der Waals surface area (Å²) in [6, 6.07) is 5.20. The zero-order valence-electron chi connectivity index (χ0n) is 18.8. The molecule has 0 bridgehead atoms. The molecule has 2 aromatic rings. The maximum atomic E-state index is 12.7. The molecule has 33 heavy (non-hydrogen) atoms. The van der Waals surface area contributed by atoms with Gasteiger partial charge < -0.3 is 33.2 Å². The molecule has 4 rings (SSSR count). The second-order valence-corrected chi connectivity index (χ2v) is 7.00. The van der Waals surface area contributed by atoms with E-state index in [0.717, 1.165) is 0 Å². The Balaban J connectivity index is 2.35. The molecule has 0 fully saturated rings. The van der Waals surface area contributed by atoms with Crippen molar-refractivity contribution in [2.75, 3.05) is 42.3 Å². The average molecular weight is 454 g/mol. The van der Waals surface area contributed by atoms with Gasteiger partial charge in [-0.3, -0.25) is 0 Å². The van der Waals surface area contributed by atoms with Crippen molar-refractivity contribution in [3.63, 3.8) is 0 Å². The van der Waals surface area contributed by atoms with Gasteiger partial charge in [-0.05, 0) is 46.0 Å². The zero-order chi connectivity index (χ0) is 23.7. The van der Waals surface area contributed by atoms with Crippen LogP contribution in [0.25, 0.3) is 12.2 Å². The summed E-state index contributed by atoms with van der Waals surface area (Å²) in [5, 5.41) is 2.36. The summed E-state index contributed by atoms with van der Waals surface area (Å²) in [6.45, 7) is 0.0629. The zero-order valence-corrected chi connectivity index (χ0v) is 18.8. The molecule has 2 aromatic carbocycles. The SMILES string of the molecule is COC(=O)C1=C(C(=O)OC)/C=c2/cc(OC)c(OC)c(OC)/c2=c2\cc3c(c\c2=C\1)OCO3. The summed E-state index contributed by atoms with van der Waals surface area (Å²) in [5.41, 5.74) is 0.0204. The van der Waals surface area contributed by atoms with Gasteiger partial charge in [-0.2, -0.15) is 0 Å². The first kappa shape index (κ1) is 22.1. The highest BCUT2D eigenvalue weighted by molar-refractivity contribution is 6.11. The van der Waals surface area contributed by atoms with Crippen LogP contribution in [0.3, 0.4) is 0 Å². The lowest BCUT2D eigenvalue weighted by Gasteiger charge is -2.15. The number of hydrogen-bond acceptors (Lipinski definition) is 9. The van der Waals surface area contributed by atoms with Crippen molar-refractivity contribution in [1.29, 1.82) is 0 Å². The lowest BCUT2D eigenvalue weighted by atomic mass is 9.99. The number of benzene rings is 2. The van der Waals surface area contributed by atoms with Gasteiger partial charge in [-0.1, -0.05) is 0 Å². The Morgan fingerprint density at radius 1 is 0.727 bits per heavy atom. The summed E-state index contributed by atoms with van der Waals surface area (Å²) in [5.74, 6) is 0.735. The smallest absolute Gasteiger partial charge is 0.338 e. The van der Waals surface area contributed by atoms with E-state index in [1.54, 1.807) is 24.3 Å². The molecule has 0 N–H and O–H groups in total. The van der Waals surface area contributed by atoms with Crippen LogP contribution < -0.4 is 34.1 Å². The standard InChI is InChI=1S/C24H22O9/c1-27-19-9-13-7-16(24(26)31-5)15(23(25)30-4)6-12-8-17-18(33-11-32-17)10-14(12)20(13)22(29-3)21(19)28-2/h6-10H,11H2,1-5H3/b12-6-,13-7-,15-6?,16-7?,16-15-,20-14+. The Kier molecular flexibility index (Phi) is 5.87. The fraction of sp³-hybridized carbons (Fsp3) is 0.250. The highest BCUT2D eigenvalue weighted by Crippen LogP contribution is 2.37. The van der Waals surface area contributed by atoms with Crippen LogP contribution in [0.5, 0.6) is 28.7 Å². The van der Waals surface area contributed by atoms with Gasteiger partial charge in [-0.25, -0.2) is 9.59 Å². The number of carbonyl (C=O) groups is 2. The highest BCUT2D eigenvalue weighted by atomic mass is 16.7. The maximum Gasteiger partial charge on any atom is 0.338 e. The molecular weight excluding hydrogens is 432 g/mol. The van der Waals surface area contributed by atoms with Crippen molar-refractivity contribution >= 4 is 24.1 Å². The summed E-state index contributed by atoms with van der Waals surface area (Å²) in [7, 11) is 6.97. The van der Waals surface area contributed by atoms with Crippen LogP contribution >= 0.6 is 0 Å². The van der Waals surface area contributed by atoms with E-state index in [-0.39, 0.29) is 17.9 Å².